The number of hydrogen-bond acceptors (Lipinski definition) is 1. The van der Waals surface area contributed by atoms with Gasteiger partial charge in [-0.3, -0.25) is 0 Å². The van der Waals surface area contributed by atoms with Crippen LogP contribution in [-0.2, 0) is 6.18 Å². The van der Waals surface area contributed by atoms with Gasteiger partial charge in [0.05, 0.1) is 9.13 Å². The van der Waals surface area contributed by atoms with E-state index in [1.54, 1.807) is 13.0 Å². The molecule has 0 heterocycles. The van der Waals surface area contributed by atoms with Crippen molar-refractivity contribution in [2.24, 2.45) is 0 Å². The Kier molecular flexibility index (Phi) is 4.88. The summed E-state index contributed by atoms with van der Waals surface area (Å²) in [5.74, 6) is -0.149. The lowest BCUT2D eigenvalue weighted by molar-refractivity contribution is -0.139. The molecular formula is C11H9BrF3IO. The maximum absolute atomic E-state index is 12.8. The fraction of sp³-hybridized carbons (Fsp3) is 0.273. The van der Waals surface area contributed by atoms with Crippen LogP contribution in [0.4, 0.5) is 13.2 Å². The number of rotatable bonds is 3. The smallest absolute Gasteiger partial charge is 0.420 e. The highest BCUT2D eigenvalue weighted by molar-refractivity contribution is 14.1. The minimum atomic E-state index is -4.44. The van der Waals surface area contributed by atoms with Gasteiger partial charge in [0, 0.05) is 4.47 Å². The monoisotopic (exact) mass is 420 g/mol. The fourth-order valence-corrected chi connectivity index (χ4v) is 2.78. The zero-order valence-electron chi connectivity index (χ0n) is 8.87. The molecule has 0 spiro atoms. The quantitative estimate of drug-likeness (QED) is 0.492. The molecule has 0 saturated heterocycles. The van der Waals surface area contributed by atoms with Gasteiger partial charge in [-0.25, -0.2) is 0 Å². The molecule has 1 rings (SSSR count). The Morgan fingerprint density at radius 3 is 2.53 bits per heavy atom. The first kappa shape index (κ1) is 14.8. The molecule has 0 saturated carbocycles. The van der Waals surface area contributed by atoms with Crippen molar-refractivity contribution in [2.45, 2.75) is 13.1 Å². The van der Waals surface area contributed by atoms with Gasteiger partial charge < -0.3 is 4.74 Å². The summed E-state index contributed by atoms with van der Waals surface area (Å²) in [6, 6.07) is 2.58. The molecule has 6 heteroatoms. The second-order valence-corrected chi connectivity index (χ2v) is 5.59. The van der Waals surface area contributed by atoms with Gasteiger partial charge in [-0.2, -0.15) is 13.2 Å². The lowest BCUT2D eigenvalue weighted by atomic mass is 10.2. The topological polar surface area (TPSA) is 9.23 Å². The highest BCUT2D eigenvalue weighted by Gasteiger charge is 2.35. The number of halogens is 5. The molecule has 1 aromatic carbocycles. The van der Waals surface area contributed by atoms with Crippen molar-refractivity contribution in [1.82, 2.24) is 0 Å². The molecule has 0 aromatic heterocycles. The SMILES string of the molecule is C=C(C)COc1c(I)cc(Br)cc1C(F)(F)F. The minimum absolute atomic E-state index is 0.0702. The van der Waals surface area contributed by atoms with Gasteiger partial charge in [-0.1, -0.05) is 22.5 Å². The van der Waals surface area contributed by atoms with Gasteiger partial charge in [0.25, 0.3) is 0 Å². The minimum Gasteiger partial charge on any atom is -0.488 e. The largest absolute Gasteiger partial charge is 0.488 e. The summed E-state index contributed by atoms with van der Waals surface area (Å²) in [5.41, 5.74) is -0.116. The predicted molar refractivity (Wildman–Crippen MR) is 72.2 cm³/mol. The van der Waals surface area contributed by atoms with Crippen molar-refractivity contribution in [3.8, 4) is 5.75 Å². The number of ether oxygens (including phenoxy) is 1. The van der Waals surface area contributed by atoms with E-state index >= 15 is 0 Å². The molecule has 0 amide bonds. The van der Waals surface area contributed by atoms with Crippen LogP contribution in [0.15, 0.2) is 28.8 Å². The molecule has 0 aliphatic rings. The summed E-state index contributed by atoms with van der Waals surface area (Å²) in [6.45, 7) is 5.35. The highest BCUT2D eigenvalue weighted by atomic mass is 127. The molecule has 94 valence electrons. The van der Waals surface area contributed by atoms with E-state index < -0.39 is 11.7 Å². The summed E-state index contributed by atoms with van der Waals surface area (Å²) in [7, 11) is 0. The van der Waals surface area contributed by atoms with E-state index in [-0.39, 0.29) is 12.4 Å². The van der Waals surface area contributed by atoms with Gasteiger partial charge in [-0.05, 0) is 47.2 Å². The summed E-state index contributed by atoms with van der Waals surface area (Å²) in [4.78, 5) is 0. The molecule has 0 aliphatic carbocycles. The fourth-order valence-electron chi connectivity index (χ4n) is 1.11. The predicted octanol–water partition coefficient (Wildman–Crippen LogP) is 5.03. The summed E-state index contributed by atoms with van der Waals surface area (Å²) in [5, 5.41) is 0. The third-order valence-electron chi connectivity index (χ3n) is 1.78. The molecule has 0 radical (unpaired) electrons. The maximum Gasteiger partial charge on any atom is 0.420 e. The summed E-state index contributed by atoms with van der Waals surface area (Å²) >= 11 is 4.86. The van der Waals surface area contributed by atoms with E-state index in [1.807, 2.05) is 22.6 Å². The lowest BCUT2D eigenvalue weighted by Crippen LogP contribution is -2.11. The van der Waals surface area contributed by atoms with Crippen LogP contribution in [0.1, 0.15) is 12.5 Å². The van der Waals surface area contributed by atoms with Gasteiger partial charge in [0.1, 0.15) is 12.4 Å². The van der Waals surface area contributed by atoms with Crippen molar-refractivity contribution in [1.29, 1.82) is 0 Å². The average molecular weight is 421 g/mol. The van der Waals surface area contributed by atoms with E-state index in [1.165, 1.54) is 0 Å². The molecular weight excluding hydrogens is 412 g/mol. The number of hydrogen-bond donors (Lipinski definition) is 0. The third kappa shape index (κ3) is 4.17. The first-order valence-electron chi connectivity index (χ1n) is 4.55. The van der Waals surface area contributed by atoms with Gasteiger partial charge in [0.15, 0.2) is 0 Å². The van der Waals surface area contributed by atoms with Crippen LogP contribution >= 0.6 is 38.5 Å². The van der Waals surface area contributed by atoms with E-state index in [0.717, 1.165) is 6.07 Å². The van der Waals surface area contributed by atoms with Crippen LogP contribution in [0.2, 0.25) is 0 Å². The highest BCUT2D eigenvalue weighted by Crippen LogP contribution is 2.40. The first-order valence-corrected chi connectivity index (χ1v) is 6.42. The van der Waals surface area contributed by atoms with Crippen molar-refractivity contribution in [2.75, 3.05) is 6.61 Å². The van der Waals surface area contributed by atoms with Crippen molar-refractivity contribution in [3.05, 3.63) is 37.9 Å². The van der Waals surface area contributed by atoms with Crippen LogP contribution in [-0.4, -0.2) is 6.61 Å². The Bertz CT molecular complexity index is 443. The average Bonchev–Trinajstić information content (AvgIpc) is 2.13. The van der Waals surface area contributed by atoms with Crippen LogP contribution in [0.5, 0.6) is 5.75 Å². The summed E-state index contributed by atoms with van der Waals surface area (Å²) < 4.78 is 44.4. The molecule has 1 nitrogen and oxygen atoms in total. The van der Waals surface area contributed by atoms with E-state index in [9.17, 15) is 13.2 Å². The van der Waals surface area contributed by atoms with Crippen LogP contribution in [0, 0.1) is 3.57 Å². The zero-order valence-corrected chi connectivity index (χ0v) is 12.6. The zero-order chi connectivity index (χ0) is 13.2. The van der Waals surface area contributed by atoms with Crippen LogP contribution in [0.3, 0.4) is 0 Å². The number of benzene rings is 1. The number of alkyl halides is 3. The van der Waals surface area contributed by atoms with Crippen molar-refractivity contribution in [3.63, 3.8) is 0 Å². The molecule has 0 unspecified atom stereocenters. The standard InChI is InChI=1S/C11H9BrF3IO/c1-6(2)5-17-10-8(11(13,14)15)3-7(12)4-9(10)16/h3-4H,1,5H2,2H3. The third-order valence-corrected chi connectivity index (χ3v) is 3.04. The maximum atomic E-state index is 12.8. The Morgan fingerprint density at radius 2 is 2.06 bits per heavy atom. The van der Waals surface area contributed by atoms with Crippen LogP contribution < -0.4 is 4.74 Å². The molecule has 0 N–H and O–H groups in total. The Hall–Kier alpha value is -0.240. The molecule has 1 aromatic rings. The molecule has 17 heavy (non-hydrogen) atoms. The van der Waals surface area contributed by atoms with Crippen molar-refractivity contribution < 1.29 is 17.9 Å². The Balaban J connectivity index is 3.21. The Morgan fingerprint density at radius 1 is 1.47 bits per heavy atom. The first-order chi connectivity index (χ1) is 7.71. The Labute approximate surface area is 119 Å². The van der Waals surface area contributed by atoms with Gasteiger partial charge >= 0.3 is 6.18 Å². The summed E-state index contributed by atoms with van der Waals surface area (Å²) in [6.07, 6.45) is -4.44. The molecule has 0 atom stereocenters. The molecule has 0 bridgehead atoms. The van der Waals surface area contributed by atoms with Crippen molar-refractivity contribution >= 4 is 38.5 Å². The van der Waals surface area contributed by atoms with Crippen LogP contribution in [0.25, 0.3) is 0 Å². The molecule has 0 aliphatic heterocycles. The molecule has 0 fully saturated rings. The van der Waals surface area contributed by atoms with E-state index in [0.29, 0.717) is 13.6 Å². The van der Waals surface area contributed by atoms with Gasteiger partial charge in [0.2, 0.25) is 0 Å². The van der Waals surface area contributed by atoms with E-state index in [2.05, 4.69) is 22.5 Å². The second-order valence-electron chi connectivity index (χ2n) is 3.51. The second kappa shape index (κ2) is 5.60. The van der Waals surface area contributed by atoms with Gasteiger partial charge in [-0.15, -0.1) is 0 Å². The lowest BCUT2D eigenvalue weighted by Gasteiger charge is -2.16. The normalized spacial score (nSPS) is 11.4. The van der Waals surface area contributed by atoms with E-state index in [4.69, 9.17) is 4.74 Å².